The molecule has 0 aromatic rings. The summed E-state index contributed by atoms with van der Waals surface area (Å²) in [6.45, 7) is 3.33. The zero-order valence-electron chi connectivity index (χ0n) is 13.6. The number of aldehydes is 1. The second-order valence-corrected chi connectivity index (χ2v) is 6.56. The fraction of sp³-hybridized carbons (Fsp3) is 0.688. The molecule has 122 valence electrons. The van der Waals surface area contributed by atoms with E-state index in [-0.39, 0.29) is 17.0 Å². The number of likely N-dealkylation sites (N-methyl/N-ethyl adjacent to an activating group) is 1. The minimum atomic E-state index is -0.519. The summed E-state index contributed by atoms with van der Waals surface area (Å²) < 4.78 is 0. The van der Waals surface area contributed by atoms with Crippen LogP contribution < -0.4 is 0 Å². The van der Waals surface area contributed by atoms with Gasteiger partial charge in [-0.2, -0.15) is 0 Å². The summed E-state index contributed by atoms with van der Waals surface area (Å²) in [5.74, 6) is -0.0860. The Morgan fingerprint density at radius 3 is 2.55 bits per heavy atom. The van der Waals surface area contributed by atoms with E-state index in [1.807, 2.05) is 0 Å². The van der Waals surface area contributed by atoms with Crippen molar-refractivity contribution < 1.29 is 14.7 Å². The number of aliphatic hydroxyl groups excluding tert-OH is 1. The van der Waals surface area contributed by atoms with Crippen LogP contribution in [0.1, 0.15) is 39.0 Å². The Morgan fingerprint density at radius 2 is 2.00 bits per heavy atom. The maximum atomic E-state index is 12.3. The molecular weight excluding hydrogens is 282 g/mol. The van der Waals surface area contributed by atoms with Gasteiger partial charge < -0.3 is 14.9 Å². The van der Waals surface area contributed by atoms with Crippen molar-refractivity contribution in [3.05, 3.63) is 11.5 Å². The summed E-state index contributed by atoms with van der Waals surface area (Å²) >= 11 is 0. The quantitative estimate of drug-likeness (QED) is 0.283. The summed E-state index contributed by atoms with van der Waals surface area (Å²) in [6.07, 6.45) is 5.81. The van der Waals surface area contributed by atoms with Crippen molar-refractivity contribution in [2.45, 2.75) is 39.0 Å². The fourth-order valence-corrected chi connectivity index (χ4v) is 3.40. The first-order chi connectivity index (χ1) is 10.4. The van der Waals surface area contributed by atoms with Gasteiger partial charge in [0.05, 0.1) is 0 Å². The molecule has 2 rings (SSSR count). The fourth-order valence-electron chi connectivity index (χ4n) is 3.40. The third kappa shape index (κ3) is 3.15. The molecule has 0 bridgehead atoms. The van der Waals surface area contributed by atoms with E-state index in [1.54, 1.807) is 19.0 Å². The van der Waals surface area contributed by atoms with E-state index >= 15 is 0 Å². The number of allylic oxidation sites excluding steroid dienone is 1. The molecule has 0 radical (unpaired) electrons. The number of carbonyl (C=O) groups excluding carboxylic acids is 2. The molecule has 2 fully saturated rings. The first-order valence-corrected chi connectivity index (χ1v) is 7.79. The van der Waals surface area contributed by atoms with Crippen LogP contribution in [-0.2, 0) is 9.59 Å². The number of hydrogen-bond donors (Lipinski definition) is 1. The molecule has 1 aliphatic heterocycles. The molecule has 0 unspecified atom stereocenters. The van der Waals surface area contributed by atoms with E-state index in [0.717, 1.165) is 25.1 Å². The lowest BCUT2D eigenvalue weighted by atomic mass is 9.84. The van der Waals surface area contributed by atoms with Crippen LogP contribution in [0.25, 0.3) is 0 Å². The first-order valence-electron chi connectivity index (χ1n) is 7.79. The smallest absolute Gasteiger partial charge is 0.274 e. The Kier molecular flexibility index (Phi) is 4.88. The van der Waals surface area contributed by atoms with Crippen molar-refractivity contribution >= 4 is 18.0 Å². The normalized spacial score (nSPS) is 24.7. The molecule has 1 saturated carbocycles. The average molecular weight is 307 g/mol. The summed E-state index contributed by atoms with van der Waals surface area (Å²) in [7, 11) is 3.37. The van der Waals surface area contributed by atoms with Crippen LogP contribution >= 0.6 is 0 Å². The van der Waals surface area contributed by atoms with E-state index in [9.17, 15) is 14.7 Å². The highest BCUT2D eigenvalue weighted by Crippen LogP contribution is 2.41. The number of carbonyl (C=O) groups is 2. The monoisotopic (exact) mass is 307 g/mol. The van der Waals surface area contributed by atoms with Crippen LogP contribution in [0.2, 0.25) is 0 Å². The second kappa shape index (κ2) is 6.50. The topological polar surface area (TPSA) is 73.2 Å². The Hall–Kier alpha value is -1.85. The minimum Gasteiger partial charge on any atom is -0.503 e. The van der Waals surface area contributed by atoms with Gasteiger partial charge >= 0.3 is 0 Å². The Bertz CT molecular complexity index is 519. The van der Waals surface area contributed by atoms with E-state index in [2.05, 4.69) is 11.9 Å². The SMILES string of the molecule is CN=C(CC1(C)CCCC1)N1CCN(C)C(=O)/C1=C(\O)C=O. The van der Waals surface area contributed by atoms with E-state index in [0.29, 0.717) is 19.4 Å². The number of aliphatic hydroxyl groups is 1. The predicted molar refractivity (Wildman–Crippen MR) is 84.6 cm³/mol. The van der Waals surface area contributed by atoms with Crippen molar-refractivity contribution in [2.24, 2.45) is 10.4 Å². The third-order valence-electron chi connectivity index (χ3n) is 4.80. The number of nitrogens with zero attached hydrogens (tertiary/aromatic N) is 3. The van der Waals surface area contributed by atoms with Gasteiger partial charge in [0, 0.05) is 33.6 Å². The highest BCUT2D eigenvalue weighted by molar-refractivity contribution is 6.02. The molecule has 0 aromatic heterocycles. The summed E-state index contributed by atoms with van der Waals surface area (Å²) in [5.41, 5.74) is 0.231. The molecule has 22 heavy (non-hydrogen) atoms. The third-order valence-corrected chi connectivity index (χ3v) is 4.80. The minimum absolute atomic E-state index is 0.0472. The van der Waals surface area contributed by atoms with Crippen molar-refractivity contribution in [3.63, 3.8) is 0 Å². The number of amides is 1. The summed E-state index contributed by atoms with van der Waals surface area (Å²) in [6, 6.07) is 0. The van der Waals surface area contributed by atoms with Gasteiger partial charge in [0.2, 0.25) is 0 Å². The van der Waals surface area contributed by atoms with Crippen molar-refractivity contribution in [1.29, 1.82) is 0 Å². The average Bonchev–Trinajstić information content (AvgIpc) is 2.93. The molecule has 1 amide bonds. The molecule has 1 aliphatic carbocycles. The Labute approximate surface area is 131 Å². The van der Waals surface area contributed by atoms with Gasteiger partial charge in [0.25, 0.3) is 5.91 Å². The highest BCUT2D eigenvalue weighted by Gasteiger charge is 2.36. The highest BCUT2D eigenvalue weighted by atomic mass is 16.3. The summed E-state index contributed by atoms with van der Waals surface area (Å²) in [4.78, 5) is 30.9. The molecular formula is C16H25N3O3. The molecule has 0 atom stereocenters. The first kappa shape index (κ1) is 16.5. The second-order valence-electron chi connectivity index (χ2n) is 6.56. The molecule has 6 heteroatoms. The molecule has 0 spiro atoms. The van der Waals surface area contributed by atoms with Crippen LogP contribution in [0.4, 0.5) is 0 Å². The van der Waals surface area contributed by atoms with Gasteiger partial charge in [-0.25, -0.2) is 0 Å². The van der Waals surface area contributed by atoms with Crippen LogP contribution in [0.3, 0.4) is 0 Å². The predicted octanol–water partition coefficient (Wildman–Crippen LogP) is 1.73. The van der Waals surface area contributed by atoms with Crippen molar-refractivity contribution in [1.82, 2.24) is 9.80 Å². The van der Waals surface area contributed by atoms with Crippen LogP contribution in [0, 0.1) is 5.41 Å². The lowest BCUT2D eigenvalue weighted by Crippen LogP contribution is -2.50. The number of hydrogen-bond acceptors (Lipinski definition) is 4. The van der Waals surface area contributed by atoms with Crippen molar-refractivity contribution in [2.75, 3.05) is 27.2 Å². The number of rotatable bonds is 3. The number of aliphatic imine (C=N–C) groups is 1. The van der Waals surface area contributed by atoms with Gasteiger partial charge in [0.15, 0.2) is 17.7 Å². The Balaban J connectivity index is 2.30. The number of piperazine rings is 1. The van der Waals surface area contributed by atoms with E-state index in [1.165, 1.54) is 17.7 Å². The lowest BCUT2D eigenvalue weighted by Gasteiger charge is -2.38. The van der Waals surface area contributed by atoms with Gasteiger partial charge in [0.1, 0.15) is 5.84 Å². The lowest BCUT2D eigenvalue weighted by molar-refractivity contribution is -0.129. The molecule has 1 saturated heterocycles. The maximum absolute atomic E-state index is 12.3. The van der Waals surface area contributed by atoms with Gasteiger partial charge in [-0.3, -0.25) is 14.6 Å². The van der Waals surface area contributed by atoms with Gasteiger partial charge in [-0.05, 0) is 18.3 Å². The largest absolute Gasteiger partial charge is 0.503 e. The van der Waals surface area contributed by atoms with Crippen LogP contribution in [0.15, 0.2) is 16.4 Å². The van der Waals surface area contributed by atoms with Crippen molar-refractivity contribution in [3.8, 4) is 0 Å². The molecule has 2 aliphatic rings. The molecule has 1 heterocycles. The summed E-state index contributed by atoms with van der Waals surface area (Å²) in [5, 5.41) is 9.88. The standard InChI is InChI=1S/C16H25N3O3/c1-16(6-4-5-7-16)10-13(17-2)19-9-8-18(3)15(22)14(19)12(21)11-20/h11,21H,4-10H2,1-3H3/b14-12+,17-13?. The van der Waals surface area contributed by atoms with Crippen LogP contribution in [0.5, 0.6) is 0 Å². The molecule has 6 nitrogen and oxygen atoms in total. The zero-order chi connectivity index (χ0) is 16.3. The molecule has 1 N–H and O–H groups in total. The zero-order valence-corrected chi connectivity index (χ0v) is 13.6. The van der Waals surface area contributed by atoms with Crippen LogP contribution in [-0.4, -0.2) is 60.1 Å². The molecule has 0 aromatic carbocycles. The van der Waals surface area contributed by atoms with Gasteiger partial charge in [-0.15, -0.1) is 0 Å². The maximum Gasteiger partial charge on any atom is 0.274 e. The van der Waals surface area contributed by atoms with E-state index in [4.69, 9.17) is 0 Å². The number of amidine groups is 1. The van der Waals surface area contributed by atoms with E-state index < -0.39 is 5.76 Å². The Morgan fingerprint density at radius 1 is 1.36 bits per heavy atom. The van der Waals surface area contributed by atoms with Gasteiger partial charge in [-0.1, -0.05) is 19.8 Å².